The molecule has 1 rings (SSSR count). The number of benzene rings is 1. The molecular weight excluding hydrogens is 229 g/mol. The van der Waals surface area contributed by atoms with Crippen LogP contribution in [-0.4, -0.2) is 17.5 Å². The van der Waals surface area contributed by atoms with Crippen LogP contribution in [-0.2, 0) is 4.74 Å². The average molecular weight is 241 g/mol. The topological polar surface area (TPSA) is 69.4 Å². The number of para-hydroxylation sites is 1. The van der Waals surface area contributed by atoms with Crippen LogP contribution in [0.1, 0.15) is 30.1 Å². The van der Waals surface area contributed by atoms with Gasteiger partial charge in [0.25, 0.3) is 0 Å². The number of carbonyl (C=O) groups excluding carboxylic acids is 1. The summed E-state index contributed by atoms with van der Waals surface area (Å²) in [6, 6.07) is 3.34. The summed E-state index contributed by atoms with van der Waals surface area (Å²) < 4.78 is 18.0. The Morgan fingerprint density at radius 1 is 1.53 bits per heavy atom. The van der Waals surface area contributed by atoms with E-state index in [1.165, 1.54) is 12.1 Å². The maximum atomic E-state index is 13.2. The number of esters is 1. The van der Waals surface area contributed by atoms with Gasteiger partial charge in [-0.15, -0.1) is 0 Å². The molecule has 0 fully saturated rings. The van der Waals surface area contributed by atoms with Crippen LogP contribution in [0.4, 0.5) is 10.1 Å². The van der Waals surface area contributed by atoms with Crippen molar-refractivity contribution in [3.8, 4) is 0 Å². The van der Waals surface area contributed by atoms with Crippen LogP contribution in [0.5, 0.6) is 0 Å². The van der Waals surface area contributed by atoms with Gasteiger partial charge in [-0.05, 0) is 18.6 Å². The Labute approximate surface area is 97.3 Å². The highest BCUT2D eigenvalue weighted by Crippen LogP contribution is 2.23. The molecule has 0 heterocycles. The lowest BCUT2D eigenvalue weighted by atomic mass is 10.2. The standard InChI is InChI=1S/C11H12FNO4/c1-2-3-7-17-11(14)8-5-4-6-9(12)10(8)13(15)16/h4-6H,2-3,7H2,1H3. The predicted octanol–water partition coefficient (Wildman–Crippen LogP) is 2.69. The first-order chi connectivity index (χ1) is 8.07. The molecule has 0 atom stereocenters. The monoisotopic (exact) mass is 241 g/mol. The van der Waals surface area contributed by atoms with Crippen molar-refractivity contribution in [1.29, 1.82) is 0 Å². The summed E-state index contributed by atoms with van der Waals surface area (Å²) in [5.74, 6) is -1.91. The molecule has 0 saturated heterocycles. The summed E-state index contributed by atoms with van der Waals surface area (Å²) in [4.78, 5) is 21.2. The third kappa shape index (κ3) is 3.24. The lowest BCUT2D eigenvalue weighted by molar-refractivity contribution is -0.387. The zero-order valence-electron chi connectivity index (χ0n) is 9.31. The molecule has 0 bridgehead atoms. The van der Waals surface area contributed by atoms with Gasteiger partial charge < -0.3 is 4.74 Å². The van der Waals surface area contributed by atoms with Crippen molar-refractivity contribution in [3.63, 3.8) is 0 Å². The molecule has 1 aromatic carbocycles. The van der Waals surface area contributed by atoms with Crippen molar-refractivity contribution in [3.05, 3.63) is 39.7 Å². The van der Waals surface area contributed by atoms with E-state index in [9.17, 15) is 19.3 Å². The van der Waals surface area contributed by atoms with E-state index in [0.717, 1.165) is 12.5 Å². The first kappa shape index (κ1) is 13.1. The van der Waals surface area contributed by atoms with Crippen LogP contribution in [0.25, 0.3) is 0 Å². The normalized spacial score (nSPS) is 10.0. The third-order valence-corrected chi connectivity index (χ3v) is 2.12. The quantitative estimate of drug-likeness (QED) is 0.344. The Kier molecular flexibility index (Phi) is 4.56. The highest BCUT2D eigenvalue weighted by atomic mass is 19.1. The largest absolute Gasteiger partial charge is 0.462 e. The molecule has 92 valence electrons. The van der Waals surface area contributed by atoms with E-state index < -0.39 is 22.4 Å². The highest BCUT2D eigenvalue weighted by molar-refractivity contribution is 5.93. The molecule has 0 aliphatic carbocycles. The van der Waals surface area contributed by atoms with E-state index in [1.54, 1.807) is 0 Å². The molecular formula is C11H12FNO4. The lowest BCUT2D eigenvalue weighted by Gasteiger charge is -2.04. The fourth-order valence-corrected chi connectivity index (χ4v) is 1.25. The fourth-order valence-electron chi connectivity index (χ4n) is 1.25. The Balaban J connectivity index is 2.93. The van der Waals surface area contributed by atoms with Gasteiger partial charge in [-0.25, -0.2) is 4.79 Å². The number of rotatable bonds is 5. The van der Waals surface area contributed by atoms with Gasteiger partial charge in [0.15, 0.2) is 0 Å². The molecule has 0 amide bonds. The molecule has 0 aliphatic heterocycles. The van der Waals surface area contributed by atoms with Crippen LogP contribution in [0.2, 0.25) is 0 Å². The second kappa shape index (κ2) is 5.93. The Morgan fingerprint density at radius 2 is 2.24 bits per heavy atom. The van der Waals surface area contributed by atoms with E-state index in [1.807, 2.05) is 6.92 Å². The smallest absolute Gasteiger partial charge is 0.345 e. The molecule has 0 radical (unpaired) electrons. The lowest BCUT2D eigenvalue weighted by Crippen LogP contribution is -2.10. The first-order valence-corrected chi connectivity index (χ1v) is 5.18. The second-order valence-electron chi connectivity index (χ2n) is 3.38. The summed E-state index contributed by atoms with van der Waals surface area (Å²) in [6.07, 6.45) is 1.49. The molecule has 0 N–H and O–H groups in total. The highest BCUT2D eigenvalue weighted by Gasteiger charge is 2.25. The van der Waals surface area contributed by atoms with Crippen LogP contribution < -0.4 is 0 Å². The number of ether oxygens (including phenoxy) is 1. The number of nitro groups is 1. The van der Waals surface area contributed by atoms with Crippen LogP contribution in [0, 0.1) is 15.9 Å². The van der Waals surface area contributed by atoms with Crippen molar-refractivity contribution in [1.82, 2.24) is 0 Å². The summed E-state index contributed by atoms with van der Waals surface area (Å²) in [7, 11) is 0. The minimum Gasteiger partial charge on any atom is -0.462 e. The summed E-state index contributed by atoms with van der Waals surface area (Å²) in [5, 5.41) is 10.6. The number of hydrogen-bond acceptors (Lipinski definition) is 4. The molecule has 0 aromatic heterocycles. The molecule has 6 heteroatoms. The van der Waals surface area contributed by atoms with Crippen LogP contribution in [0.3, 0.4) is 0 Å². The van der Waals surface area contributed by atoms with Crippen molar-refractivity contribution in [2.75, 3.05) is 6.61 Å². The third-order valence-electron chi connectivity index (χ3n) is 2.12. The van der Waals surface area contributed by atoms with Gasteiger partial charge >= 0.3 is 11.7 Å². The van der Waals surface area contributed by atoms with Crippen molar-refractivity contribution >= 4 is 11.7 Å². The van der Waals surface area contributed by atoms with Crippen molar-refractivity contribution in [2.45, 2.75) is 19.8 Å². The van der Waals surface area contributed by atoms with Gasteiger partial charge in [-0.3, -0.25) is 10.1 Å². The molecule has 0 saturated carbocycles. The number of hydrogen-bond donors (Lipinski definition) is 0. The summed E-state index contributed by atoms with van der Waals surface area (Å²) in [5.41, 5.74) is -1.19. The Hall–Kier alpha value is -1.98. The minimum absolute atomic E-state index is 0.170. The van der Waals surface area contributed by atoms with E-state index in [-0.39, 0.29) is 12.2 Å². The predicted molar refractivity (Wildman–Crippen MR) is 58.2 cm³/mol. The SMILES string of the molecule is CCCCOC(=O)c1cccc(F)c1[N+](=O)[O-]. The van der Waals surface area contributed by atoms with E-state index in [0.29, 0.717) is 6.42 Å². The zero-order valence-corrected chi connectivity index (χ0v) is 9.31. The fraction of sp³-hybridized carbons (Fsp3) is 0.364. The van der Waals surface area contributed by atoms with E-state index in [2.05, 4.69) is 0 Å². The van der Waals surface area contributed by atoms with E-state index in [4.69, 9.17) is 4.74 Å². The second-order valence-corrected chi connectivity index (χ2v) is 3.38. The number of carbonyl (C=O) groups is 1. The summed E-state index contributed by atoms with van der Waals surface area (Å²) in [6.45, 7) is 2.08. The molecule has 5 nitrogen and oxygen atoms in total. The maximum Gasteiger partial charge on any atom is 0.345 e. The van der Waals surface area contributed by atoms with Gasteiger partial charge in [0.2, 0.25) is 5.82 Å². The number of nitro benzene ring substituents is 1. The molecule has 0 unspecified atom stereocenters. The average Bonchev–Trinajstić information content (AvgIpc) is 2.28. The Morgan fingerprint density at radius 3 is 2.82 bits per heavy atom. The number of halogens is 1. The van der Waals surface area contributed by atoms with Gasteiger partial charge in [-0.1, -0.05) is 19.4 Å². The van der Waals surface area contributed by atoms with Gasteiger partial charge in [-0.2, -0.15) is 4.39 Å². The molecule has 0 aliphatic rings. The van der Waals surface area contributed by atoms with Gasteiger partial charge in [0, 0.05) is 0 Å². The van der Waals surface area contributed by atoms with Crippen molar-refractivity contribution < 1.29 is 18.8 Å². The van der Waals surface area contributed by atoms with E-state index >= 15 is 0 Å². The van der Waals surface area contributed by atoms with Gasteiger partial charge in [0.05, 0.1) is 11.5 Å². The summed E-state index contributed by atoms with van der Waals surface area (Å²) >= 11 is 0. The number of unbranched alkanes of at least 4 members (excludes halogenated alkanes) is 1. The van der Waals surface area contributed by atoms with Crippen LogP contribution in [0.15, 0.2) is 18.2 Å². The molecule has 1 aromatic rings. The number of nitrogens with zero attached hydrogens (tertiary/aromatic N) is 1. The van der Waals surface area contributed by atoms with Crippen LogP contribution >= 0.6 is 0 Å². The first-order valence-electron chi connectivity index (χ1n) is 5.18. The molecule has 0 spiro atoms. The molecule has 17 heavy (non-hydrogen) atoms. The zero-order chi connectivity index (χ0) is 12.8. The minimum atomic E-state index is -1.04. The Bertz CT molecular complexity index is 433. The van der Waals surface area contributed by atoms with Gasteiger partial charge in [0.1, 0.15) is 5.56 Å². The maximum absolute atomic E-state index is 13.2. The van der Waals surface area contributed by atoms with Crippen molar-refractivity contribution in [2.24, 2.45) is 0 Å².